The molecular weight excluding hydrogens is 268 g/mol. The molecule has 0 bridgehead atoms. The number of ether oxygens (including phenoxy) is 1. The minimum absolute atomic E-state index is 0.00486. The number of hydrogen-bond acceptors (Lipinski definition) is 3. The van der Waals surface area contributed by atoms with E-state index in [9.17, 15) is 9.59 Å². The summed E-state index contributed by atoms with van der Waals surface area (Å²) >= 11 is 0. The lowest BCUT2D eigenvalue weighted by atomic mass is 9.83. The third-order valence-electron chi connectivity index (χ3n) is 4.36. The summed E-state index contributed by atoms with van der Waals surface area (Å²) in [7, 11) is 0. The van der Waals surface area contributed by atoms with Crippen LogP contribution in [0, 0.1) is 5.92 Å². The van der Waals surface area contributed by atoms with Crippen LogP contribution in [-0.4, -0.2) is 47.6 Å². The average Bonchev–Trinajstić information content (AvgIpc) is 2.42. The fourth-order valence-electron chi connectivity index (χ4n) is 2.64. The largest absolute Gasteiger partial charge is 0.379 e. The Morgan fingerprint density at radius 3 is 2.24 bits per heavy atom. The van der Waals surface area contributed by atoms with Crippen molar-refractivity contribution in [3.63, 3.8) is 0 Å². The lowest BCUT2D eigenvalue weighted by Crippen LogP contribution is -2.74. The van der Waals surface area contributed by atoms with Crippen molar-refractivity contribution >= 4 is 11.8 Å². The number of nitrogens with one attached hydrogen (secondary N) is 1. The molecule has 1 aliphatic heterocycles. The second-order valence-corrected chi connectivity index (χ2v) is 6.73. The van der Waals surface area contributed by atoms with Crippen LogP contribution in [0.4, 0.5) is 0 Å². The van der Waals surface area contributed by atoms with Crippen molar-refractivity contribution in [3.8, 4) is 0 Å². The monoisotopic (exact) mass is 298 g/mol. The summed E-state index contributed by atoms with van der Waals surface area (Å²) in [6.45, 7) is 13.2. The van der Waals surface area contributed by atoms with Crippen molar-refractivity contribution in [2.75, 3.05) is 19.8 Å². The molecule has 122 valence electrons. The van der Waals surface area contributed by atoms with Crippen LogP contribution in [0.15, 0.2) is 0 Å². The molecule has 1 aliphatic rings. The van der Waals surface area contributed by atoms with Gasteiger partial charge in [0.1, 0.15) is 11.1 Å². The van der Waals surface area contributed by atoms with Crippen LogP contribution < -0.4 is 5.32 Å². The smallest absolute Gasteiger partial charge is 0.249 e. The van der Waals surface area contributed by atoms with E-state index in [0.717, 1.165) is 0 Å². The summed E-state index contributed by atoms with van der Waals surface area (Å²) in [4.78, 5) is 26.9. The van der Waals surface area contributed by atoms with Crippen LogP contribution in [0.2, 0.25) is 0 Å². The van der Waals surface area contributed by atoms with E-state index in [1.54, 1.807) is 18.7 Å². The van der Waals surface area contributed by atoms with E-state index in [-0.39, 0.29) is 11.8 Å². The molecule has 0 saturated carbocycles. The Morgan fingerprint density at radius 2 is 1.76 bits per heavy atom. The molecule has 1 N–H and O–H groups in total. The van der Waals surface area contributed by atoms with Gasteiger partial charge in [0.2, 0.25) is 11.8 Å². The molecule has 1 fully saturated rings. The normalized spacial score (nSPS) is 20.8. The van der Waals surface area contributed by atoms with Crippen molar-refractivity contribution in [1.29, 1.82) is 0 Å². The number of nitrogens with zero attached hydrogens (tertiary/aromatic N) is 1. The van der Waals surface area contributed by atoms with Crippen LogP contribution in [0.1, 0.15) is 54.4 Å². The van der Waals surface area contributed by atoms with Gasteiger partial charge < -0.3 is 15.0 Å². The van der Waals surface area contributed by atoms with Crippen molar-refractivity contribution in [2.24, 2.45) is 5.92 Å². The summed E-state index contributed by atoms with van der Waals surface area (Å²) < 4.78 is 5.58. The predicted octanol–water partition coefficient (Wildman–Crippen LogP) is 1.95. The molecule has 0 spiro atoms. The van der Waals surface area contributed by atoms with Gasteiger partial charge in [0, 0.05) is 13.2 Å². The molecule has 0 aromatic rings. The van der Waals surface area contributed by atoms with Gasteiger partial charge in [-0.05, 0) is 32.6 Å². The Kier molecular flexibility index (Phi) is 5.79. The zero-order valence-electron chi connectivity index (χ0n) is 14.3. The number of piperazine rings is 1. The molecule has 0 aromatic carbocycles. The number of rotatable bonds is 7. The Hall–Kier alpha value is -1.10. The van der Waals surface area contributed by atoms with E-state index in [1.165, 1.54) is 0 Å². The lowest BCUT2D eigenvalue weighted by molar-refractivity contribution is -0.162. The maximum atomic E-state index is 12.9. The number of hydrogen-bond donors (Lipinski definition) is 1. The molecule has 5 heteroatoms. The second-order valence-electron chi connectivity index (χ2n) is 6.73. The summed E-state index contributed by atoms with van der Waals surface area (Å²) in [5.41, 5.74) is -1.59. The molecule has 1 rings (SSSR count). The summed E-state index contributed by atoms with van der Waals surface area (Å²) in [6.07, 6.45) is 1.21. The molecule has 0 unspecified atom stereocenters. The third-order valence-corrected chi connectivity index (χ3v) is 4.36. The van der Waals surface area contributed by atoms with Crippen LogP contribution in [0.25, 0.3) is 0 Å². The van der Waals surface area contributed by atoms with E-state index in [0.29, 0.717) is 38.5 Å². The van der Waals surface area contributed by atoms with Gasteiger partial charge >= 0.3 is 0 Å². The Morgan fingerprint density at radius 1 is 1.19 bits per heavy atom. The highest BCUT2D eigenvalue weighted by atomic mass is 16.5. The van der Waals surface area contributed by atoms with Gasteiger partial charge in [-0.2, -0.15) is 0 Å². The number of amides is 2. The zero-order valence-corrected chi connectivity index (χ0v) is 14.3. The minimum Gasteiger partial charge on any atom is -0.379 e. The number of carbonyl (C=O) groups excluding carboxylic acids is 2. The Balaban J connectivity index is 2.85. The highest BCUT2D eigenvalue weighted by molar-refractivity contribution is 6.01. The van der Waals surface area contributed by atoms with Crippen LogP contribution in [0.5, 0.6) is 0 Å². The molecule has 5 nitrogen and oxygen atoms in total. The van der Waals surface area contributed by atoms with Crippen molar-refractivity contribution in [1.82, 2.24) is 10.2 Å². The third kappa shape index (κ3) is 3.57. The summed E-state index contributed by atoms with van der Waals surface area (Å²) in [5, 5.41) is 2.94. The molecule has 21 heavy (non-hydrogen) atoms. The fourth-order valence-corrected chi connectivity index (χ4v) is 2.64. The second kappa shape index (κ2) is 6.77. The van der Waals surface area contributed by atoms with Gasteiger partial charge in [-0.3, -0.25) is 9.59 Å². The van der Waals surface area contributed by atoms with E-state index in [2.05, 4.69) is 19.2 Å². The molecule has 2 amide bonds. The molecule has 0 atom stereocenters. The van der Waals surface area contributed by atoms with E-state index in [4.69, 9.17) is 4.74 Å². The maximum Gasteiger partial charge on any atom is 0.249 e. The fraction of sp³-hybridized carbons (Fsp3) is 0.875. The van der Waals surface area contributed by atoms with E-state index >= 15 is 0 Å². The first kappa shape index (κ1) is 18.0. The molecular formula is C16H30N2O3. The van der Waals surface area contributed by atoms with Gasteiger partial charge in [-0.25, -0.2) is 0 Å². The SMILES string of the molecule is CCC1(CC)NC(=O)C(C)(C)N(CCOCC(C)C)C1=O. The van der Waals surface area contributed by atoms with Gasteiger partial charge in [0.25, 0.3) is 0 Å². The Bertz CT molecular complexity index is 387. The highest BCUT2D eigenvalue weighted by Gasteiger charge is 2.52. The number of carbonyl (C=O) groups is 2. The van der Waals surface area contributed by atoms with Crippen molar-refractivity contribution in [3.05, 3.63) is 0 Å². The molecule has 1 saturated heterocycles. The molecule has 1 heterocycles. The van der Waals surface area contributed by atoms with Crippen LogP contribution >= 0.6 is 0 Å². The van der Waals surface area contributed by atoms with E-state index < -0.39 is 11.1 Å². The molecule has 0 radical (unpaired) electrons. The average molecular weight is 298 g/mol. The molecule has 0 aromatic heterocycles. The lowest BCUT2D eigenvalue weighted by Gasteiger charge is -2.49. The highest BCUT2D eigenvalue weighted by Crippen LogP contribution is 2.30. The maximum absolute atomic E-state index is 12.9. The predicted molar refractivity (Wildman–Crippen MR) is 82.9 cm³/mol. The standard InChI is InChI=1S/C16H30N2O3/c1-7-16(8-2)14(20)18(9-10-21-11-12(3)4)15(5,6)13(19)17-16/h12H,7-11H2,1-6H3,(H,17,19). The zero-order chi connectivity index (χ0) is 16.3. The van der Waals surface area contributed by atoms with Gasteiger partial charge in [0.15, 0.2) is 0 Å². The van der Waals surface area contributed by atoms with Gasteiger partial charge in [-0.15, -0.1) is 0 Å². The van der Waals surface area contributed by atoms with Gasteiger partial charge in [0.05, 0.1) is 6.61 Å². The van der Waals surface area contributed by atoms with Crippen LogP contribution in [0.3, 0.4) is 0 Å². The first-order valence-corrected chi connectivity index (χ1v) is 7.93. The van der Waals surface area contributed by atoms with Crippen LogP contribution in [-0.2, 0) is 14.3 Å². The molecule has 0 aliphatic carbocycles. The Labute approximate surface area is 128 Å². The van der Waals surface area contributed by atoms with E-state index in [1.807, 2.05) is 13.8 Å². The van der Waals surface area contributed by atoms with Crippen molar-refractivity contribution in [2.45, 2.75) is 65.5 Å². The first-order valence-electron chi connectivity index (χ1n) is 7.93. The van der Waals surface area contributed by atoms with Gasteiger partial charge in [-0.1, -0.05) is 27.7 Å². The van der Waals surface area contributed by atoms with Crippen molar-refractivity contribution < 1.29 is 14.3 Å². The first-order chi connectivity index (χ1) is 9.71. The minimum atomic E-state index is -0.827. The summed E-state index contributed by atoms with van der Waals surface area (Å²) in [5.74, 6) is 0.378. The topological polar surface area (TPSA) is 58.6 Å². The quantitative estimate of drug-likeness (QED) is 0.731. The summed E-state index contributed by atoms with van der Waals surface area (Å²) in [6, 6.07) is 0.